The average Bonchev–Trinajstić information content (AvgIpc) is 2.91. The smallest absolute Gasteiger partial charge is 0.264 e. The molecule has 1 atom stereocenters. The van der Waals surface area contributed by atoms with Crippen LogP contribution in [0.4, 0.5) is 5.69 Å². The third kappa shape index (κ3) is 8.33. The lowest BCUT2D eigenvalue weighted by Gasteiger charge is -2.35. The van der Waals surface area contributed by atoms with Crippen LogP contribution in [0, 0.1) is 13.8 Å². The fraction of sp³-hybridized carbons (Fsp3) is 0.375. The number of aryl methyl sites for hydroxylation is 2. The Labute approximate surface area is 244 Å². The van der Waals surface area contributed by atoms with E-state index < -0.39 is 34.1 Å². The summed E-state index contributed by atoms with van der Waals surface area (Å²) in [5.41, 5.74) is 2.66. The number of methoxy groups -OCH3 is 1. The van der Waals surface area contributed by atoms with Gasteiger partial charge in [0.25, 0.3) is 10.0 Å². The van der Waals surface area contributed by atoms with Gasteiger partial charge in [0.2, 0.25) is 11.8 Å². The van der Waals surface area contributed by atoms with Crippen LogP contribution in [0.3, 0.4) is 0 Å². The first kappa shape index (κ1) is 31.7. The van der Waals surface area contributed by atoms with Gasteiger partial charge in [-0.25, -0.2) is 8.42 Å². The standard InChI is InChI=1S/C32H41N3O5S/c1-8-29(31(37)33-32(4,5)6)34(21-25-11-9-10-24(3)20-25)30(36)22-35(26-14-12-23(2)13-15-26)41(38,39)28-18-16-27(40-7)17-19-28/h9-20,29H,8,21-22H2,1-7H3,(H,33,37). The van der Waals surface area contributed by atoms with E-state index in [-0.39, 0.29) is 17.3 Å². The lowest BCUT2D eigenvalue weighted by Crippen LogP contribution is -2.55. The van der Waals surface area contributed by atoms with E-state index in [9.17, 15) is 18.0 Å². The molecule has 2 amide bonds. The van der Waals surface area contributed by atoms with E-state index in [0.29, 0.717) is 17.9 Å². The largest absolute Gasteiger partial charge is 0.497 e. The first-order valence-electron chi connectivity index (χ1n) is 13.7. The van der Waals surface area contributed by atoms with Crippen LogP contribution >= 0.6 is 0 Å². The summed E-state index contributed by atoms with van der Waals surface area (Å²) in [7, 11) is -2.65. The third-order valence-electron chi connectivity index (χ3n) is 6.57. The van der Waals surface area contributed by atoms with Gasteiger partial charge < -0.3 is 15.0 Å². The topological polar surface area (TPSA) is 96.0 Å². The van der Waals surface area contributed by atoms with Crippen LogP contribution in [0.1, 0.15) is 50.8 Å². The molecule has 0 fully saturated rings. The normalized spacial score (nSPS) is 12.4. The van der Waals surface area contributed by atoms with Gasteiger partial charge in [-0.3, -0.25) is 13.9 Å². The lowest BCUT2D eigenvalue weighted by atomic mass is 10.0. The quantitative estimate of drug-likeness (QED) is 0.336. The van der Waals surface area contributed by atoms with Crippen molar-refractivity contribution in [1.82, 2.24) is 10.2 Å². The Kier molecular flexibility index (Phi) is 10.2. The van der Waals surface area contributed by atoms with Crippen molar-refractivity contribution in [1.29, 1.82) is 0 Å². The second-order valence-corrected chi connectivity index (χ2v) is 13.1. The number of amides is 2. The van der Waals surface area contributed by atoms with Gasteiger partial charge in [0.05, 0.1) is 17.7 Å². The number of hydrogen-bond donors (Lipinski definition) is 1. The van der Waals surface area contributed by atoms with Crippen molar-refractivity contribution in [3.63, 3.8) is 0 Å². The number of nitrogens with one attached hydrogen (secondary N) is 1. The van der Waals surface area contributed by atoms with Gasteiger partial charge >= 0.3 is 0 Å². The molecule has 0 spiro atoms. The van der Waals surface area contributed by atoms with Gasteiger partial charge in [-0.1, -0.05) is 54.4 Å². The highest BCUT2D eigenvalue weighted by atomic mass is 32.2. The Morgan fingerprint density at radius 3 is 2.10 bits per heavy atom. The fourth-order valence-electron chi connectivity index (χ4n) is 4.49. The van der Waals surface area contributed by atoms with Crippen LogP contribution in [0.5, 0.6) is 5.75 Å². The Balaban J connectivity index is 2.07. The predicted octanol–water partition coefficient (Wildman–Crippen LogP) is 5.23. The van der Waals surface area contributed by atoms with Crippen LogP contribution in [0.15, 0.2) is 77.7 Å². The molecule has 1 unspecified atom stereocenters. The zero-order valence-corrected chi connectivity index (χ0v) is 25.8. The molecule has 0 aliphatic carbocycles. The molecule has 0 saturated carbocycles. The molecule has 0 heterocycles. The molecule has 0 aromatic heterocycles. The minimum atomic E-state index is -4.15. The van der Waals surface area contributed by atoms with Crippen molar-refractivity contribution in [2.45, 2.75) is 71.0 Å². The molecule has 41 heavy (non-hydrogen) atoms. The Morgan fingerprint density at radius 1 is 0.927 bits per heavy atom. The van der Waals surface area contributed by atoms with Crippen LogP contribution in [0.25, 0.3) is 0 Å². The second-order valence-electron chi connectivity index (χ2n) is 11.2. The summed E-state index contributed by atoms with van der Waals surface area (Å²) in [5, 5.41) is 2.98. The fourth-order valence-corrected chi connectivity index (χ4v) is 5.91. The third-order valence-corrected chi connectivity index (χ3v) is 8.36. The van der Waals surface area contributed by atoms with Crippen molar-refractivity contribution in [3.8, 4) is 5.75 Å². The van der Waals surface area contributed by atoms with Crippen molar-refractivity contribution in [2.24, 2.45) is 0 Å². The second kappa shape index (κ2) is 13.2. The Bertz CT molecular complexity index is 1450. The summed E-state index contributed by atoms with van der Waals surface area (Å²) >= 11 is 0. The monoisotopic (exact) mass is 579 g/mol. The number of carbonyl (C=O) groups excluding carboxylic acids is 2. The highest BCUT2D eigenvalue weighted by molar-refractivity contribution is 7.92. The highest BCUT2D eigenvalue weighted by Gasteiger charge is 2.34. The van der Waals surface area contributed by atoms with Gasteiger partial charge in [0, 0.05) is 12.1 Å². The molecule has 3 rings (SSSR count). The molecule has 0 radical (unpaired) electrons. The van der Waals surface area contributed by atoms with Crippen LogP contribution < -0.4 is 14.4 Å². The van der Waals surface area contributed by atoms with E-state index in [4.69, 9.17) is 4.74 Å². The molecule has 0 bridgehead atoms. The molecule has 0 saturated heterocycles. The molecule has 3 aromatic carbocycles. The Hall–Kier alpha value is -3.85. The number of anilines is 1. The van der Waals surface area contributed by atoms with Gasteiger partial charge in [0.1, 0.15) is 18.3 Å². The molecule has 0 aliphatic rings. The van der Waals surface area contributed by atoms with Crippen molar-refractivity contribution in [3.05, 3.63) is 89.5 Å². The van der Waals surface area contributed by atoms with E-state index in [2.05, 4.69) is 5.32 Å². The zero-order chi connectivity index (χ0) is 30.4. The van der Waals surface area contributed by atoms with Crippen LogP contribution in [0.2, 0.25) is 0 Å². The number of hydrogen-bond acceptors (Lipinski definition) is 5. The minimum Gasteiger partial charge on any atom is -0.497 e. The zero-order valence-electron chi connectivity index (χ0n) is 25.0. The molecule has 0 aliphatic heterocycles. The molecule has 3 aromatic rings. The van der Waals surface area contributed by atoms with E-state index in [1.807, 2.05) is 65.8 Å². The van der Waals surface area contributed by atoms with E-state index in [1.165, 1.54) is 24.1 Å². The number of carbonyl (C=O) groups is 2. The molecule has 8 nitrogen and oxygen atoms in total. The molecule has 220 valence electrons. The average molecular weight is 580 g/mol. The number of nitrogens with zero attached hydrogens (tertiary/aromatic N) is 2. The summed E-state index contributed by atoms with van der Waals surface area (Å²) in [4.78, 5) is 29.1. The van der Waals surface area contributed by atoms with Gasteiger partial charge in [-0.15, -0.1) is 0 Å². The summed E-state index contributed by atoms with van der Waals surface area (Å²) in [6, 6.07) is 19.9. The first-order chi connectivity index (χ1) is 19.2. The van der Waals surface area contributed by atoms with E-state index >= 15 is 0 Å². The van der Waals surface area contributed by atoms with Gasteiger partial charge in [-0.05, 0) is 83.0 Å². The van der Waals surface area contributed by atoms with Crippen molar-refractivity contribution in [2.75, 3.05) is 18.0 Å². The number of rotatable bonds is 11. The molecular formula is C32H41N3O5S. The van der Waals surface area contributed by atoms with Crippen LogP contribution in [-0.2, 0) is 26.2 Å². The summed E-state index contributed by atoms with van der Waals surface area (Å²) < 4.78 is 34.2. The summed E-state index contributed by atoms with van der Waals surface area (Å²) in [6.45, 7) is 11.0. The van der Waals surface area contributed by atoms with Gasteiger partial charge in [-0.2, -0.15) is 0 Å². The predicted molar refractivity (Wildman–Crippen MR) is 162 cm³/mol. The molecular weight excluding hydrogens is 538 g/mol. The van der Waals surface area contributed by atoms with Crippen molar-refractivity contribution < 1.29 is 22.7 Å². The number of sulfonamides is 1. The van der Waals surface area contributed by atoms with E-state index in [0.717, 1.165) is 21.0 Å². The SMILES string of the molecule is CCC(C(=O)NC(C)(C)C)N(Cc1cccc(C)c1)C(=O)CN(c1ccc(C)cc1)S(=O)(=O)c1ccc(OC)cc1. The first-order valence-corrected chi connectivity index (χ1v) is 15.1. The maximum Gasteiger partial charge on any atom is 0.264 e. The molecule has 1 N–H and O–H groups in total. The Morgan fingerprint density at radius 2 is 1.56 bits per heavy atom. The van der Waals surface area contributed by atoms with E-state index in [1.54, 1.807) is 36.4 Å². The van der Waals surface area contributed by atoms with Crippen molar-refractivity contribution >= 4 is 27.5 Å². The van der Waals surface area contributed by atoms with Crippen LogP contribution in [-0.4, -0.2) is 50.4 Å². The minimum absolute atomic E-state index is 0.0226. The highest BCUT2D eigenvalue weighted by Crippen LogP contribution is 2.26. The lowest BCUT2D eigenvalue weighted by molar-refractivity contribution is -0.141. The number of ether oxygens (including phenoxy) is 1. The maximum atomic E-state index is 14.2. The molecule has 9 heteroatoms. The summed E-state index contributed by atoms with van der Waals surface area (Å²) in [5.74, 6) is -0.261. The number of benzene rings is 3. The maximum absolute atomic E-state index is 14.2. The summed E-state index contributed by atoms with van der Waals surface area (Å²) in [6.07, 6.45) is 0.356. The van der Waals surface area contributed by atoms with Gasteiger partial charge in [0.15, 0.2) is 0 Å².